The van der Waals surface area contributed by atoms with E-state index in [1.807, 2.05) is 6.92 Å². The highest BCUT2D eigenvalue weighted by molar-refractivity contribution is 7.09. The molecule has 0 spiro atoms. The van der Waals surface area contributed by atoms with Crippen LogP contribution in [0.1, 0.15) is 23.5 Å². The Hall–Kier alpha value is -1.30. The van der Waals surface area contributed by atoms with E-state index in [-0.39, 0.29) is 17.2 Å². The summed E-state index contributed by atoms with van der Waals surface area (Å²) in [5.41, 5.74) is -0.223. The van der Waals surface area contributed by atoms with Crippen molar-refractivity contribution in [2.75, 3.05) is 20.7 Å². The standard InChI is InChI=1S/C10H16N2O3S/c1-5-12-9(13)7(15-6-2)8(16-12)10(14)11(3)4/h5-6H2,1-4H3. The Morgan fingerprint density at radius 1 is 1.44 bits per heavy atom. The zero-order valence-electron chi connectivity index (χ0n) is 9.94. The number of nitrogens with zero attached hydrogens (tertiary/aromatic N) is 2. The maximum atomic E-state index is 11.8. The zero-order valence-corrected chi connectivity index (χ0v) is 10.8. The number of ether oxygens (including phenoxy) is 1. The van der Waals surface area contributed by atoms with E-state index < -0.39 is 0 Å². The lowest BCUT2D eigenvalue weighted by molar-refractivity contribution is 0.0828. The molecule has 0 fully saturated rings. The lowest BCUT2D eigenvalue weighted by Gasteiger charge is -2.09. The lowest BCUT2D eigenvalue weighted by atomic mass is 10.4. The summed E-state index contributed by atoms with van der Waals surface area (Å²) in [6.07, 6.45) is 0. The molecule has 0 bridgehead atoms. The molecular weight excluding hydrogens is 228 g/mol. The van der Waals surface area contributed by atoms with E-state index in [0.717, 1.165) is 11.5 Å². The van der Waals surface area contributed by atoms with Crippen LogP contribution in [0.4, 0.5) is 0 Å². The van der Waals surface area contributed by atoms with Crippen LogP contribution in [0.5, 0.6) is 5.75 Å². The Labute approximate surface area is 98.4 Å². The zero-order chi connectivity index (χ0) is 12.3. The predicted molar refractivity (Wildman–Crippen MR) is 63.4 cm³/mol. The molecule has 90 valence electrons. The summed E-state index contributed by atoms with van der Waals surface area (Å²) in [6.45, 7) is 4.57. The Morgan fingerprint density at radius 3 is 2.50 bits per heavy atom. The van der Waals surface area contributed by atoms with Gasteiger partial charge in [0.2, 0.25) is 5.75 Å². The molecule has 0 saturated heterocycles. The number of hydrogen-bond donors (Lipinski definition) is 0. The van der Waals surface area contributed by atoms with Crippen molar-refractivity contribution >= 4 is 17.4 Å². The summed E-state index contributed by atoms with van der Waals surface area (Å²) >= 11 is 1.15. The fraction of sp³-hybridized carbons (Fsp3) is 0.600. The molecule has 0 aliphatic heterocycles. The minimum atomic E-state index is -0.223. The molecular formula is C10H16N2O3S. The number of aryl methyl sites for hydroxylation is 1. The number of carbonyl (C=O) groups excluding carboxylic acids is 1. The van der Waals surface area contributed by atoms with Crippen molar-refractivity contribution in [2.24, 2.45) is 0 Å². The quantitative estimate of drug-likeness (QED) is 0.795. The van der Waals surface area contributed by atoms with Gasteiger partial charge in [0.05, 0.1) is 6.61 Å². The predicted octanol–water partition coefficient (Wildman–Crippen LogP) is 1.03. The van der Waals surface area contributed by atoms with Crippen LogP contribution >= 0.6 is 11.5 Å². The van der Waals surface area contributed by atoms with E-state index in [4.69, 9.17) is 4.74 Å². The second-order valence-corrected chi connectivity index (χ2v) is 4.41. The molecule has 1 amide bonds. The SMILES string of the molecule is CCOc1c(C(=O)N(C)C)sn(CC)c1=O. The summed E-state index contributed by atoms with van der Waals surface area (Å²) in [5, 5.41) is 0. The van der Waals surface area contributed by atoms with Crippen LogP contribution in [-0.4, -0.2) is 35.5 Å². The van der Waals surface area contributed by atoms with E-state index in [1.54, 1.807) is 21.0 Å². The third kappa shape index (κ3) is 2.27. The van der Waals surface area contributed by atoms with Gasteiger partial charge in [0.25, 0.3) is 5.91 Å². The average Bonchev–Trinajstić information content (AvgIpc) is 2.56. The monoisotopic (exact) mass is 244 g/mol. The third-order valence-electron chi connectivity index (χ3n) is 2.00. The minimum Gasteiger partial charge on any atom is -0.487 e. The van der Waals surface area contributed by atoms with Crippen LogP contribution in [0, 0.1) is 0 Å². The fourth-order valence-corrected chi connectivity index (χ4v) is 2.23. The van der Waals surface area contributed by atoms with Crippen molar-refractivity contribution in [1.82, 2.24) is 8.86 Å². The molecule has 0 aromatic carbocycles. The maximum Gasteiger partial charge on any atom is 0.303 e. The number of amides is 1. The van der Waals surface area contributed by atoms with Gasteiger partial charge in [-0.05, 0) is 25.4 Å². The molecule has 0 radical (unpaired) electrons. The number of carbonyl (C=O) groups is 1. The number of hydrogen-bond acceptors (Lipinski definition) is 4. The van der Waals surface area contributed by atoms with Gasteiger partial charge in [0.15, 0.2) is 4.88 Å². The van der Waals surface area contributed by atoms with Crippen LogP contribution in [0.25, 0.3) is 0 Å². The van der Waals surface area contributed by atoms with Crippen molar-refractivity contribution in [3.05, 3.63) is 15.2 Å². The van der Waals surface area contributed by atoms with Crippen LogP contribution in [0.2, 0.25) is 0 Å². The van der Waals surface area contributed by atoms with Gasteiger partial charge in [-0.2, -0.15) is 0 Å². The fourth-order valence-electron chi connectivity index (χ4n) is 1.22. The molecule has 16 heavy (non-hydrogen) atoms. The van der Waals surface area contributed by atoms with E-state index in [2.05, 4.69) is 0 Å². The summed E-state index contributed by atoms with van der Waals surface area (Å²) in [4.78, 5) is 25.5. The molecule has 0 aliphatic rings. The van der Waals surface area contributed by atoms with Crippen LogP contribution in [-0.2, 0) is 6.54 Å². The molecule has 0 aliphatic carbocycles. The smallest absolute Gasteiger partial charge is 0.303 e. The van der Waals surface area contributed by atoms with E-state index in [9.17, 15) is 9.59 Å². The molecule has 1 aromatic rings. The minimum absolute atomic E-state index is 0.174. The first-order chi connectivity index (χ1) is 7.52. The Bertz CT molecular complexity index is 434. The molecule has 0 N–H and O–H groups in total. The first-order valence-electron chi connectivity index (χ1n) is 5.11. The van der Waals surface area contributed by atoms with Gasteiger partial charge in [0, 0.05) is 20.6 Å². The van der Waals surface area contributed by atoms with Crippen LogP contribution in [0.15, 0.2) is 4.79 Å². The first kappa shape index (κ1) is 12.8. The highest BCUT2D eigenvalue weighted by atomic mass is 32.1. The van der Waals surface area contributed by atoms with Crippen molar-refractivity contribution in [3.63, 3.8) is 0 Å². The second kappa shape index (κ2) is 5.16. The molecule has 1 rings (SSSR count). The Morgan fingerprint density at radius 2 is 2.06 bits per heavy atom. The van der Waals surface area contributed by atoms with Gasteiger partial charge in [0.1, 0.15) is 0 Å². The first-order valence-corrected chi connectivity index (χ1v) is 5.88. The summed E-state index contributed by atoms with van der Waals surface area (Å²) < 4.78 is 6.77. The molecule has 0 saturated carbocycles. The van der Waals surface area contributed by atoms with Gasteiger partial charge in [-0.25, -0.2) is 0 Å². The van der Waals surface area contributed by atoms with Crippen LogP contribution < -0.4 is 10.3 Å². The largest absolute Gasteiger partial charge is 0.487 e. The lowest BCUT2D eigenvalue weighted by Crippen LogP contribution is -2.22. The normalized spacial score (nSPS) is 10.2. The Kier molecular flexibility index (Phi) is 4.12. The summed E-state index contributed by atoms with van der Waals surface area (Å²) in [7, 11) is 3.30. The molecule has 5 nitrogen and oxygen atoms in total. The molecule has 1 heterocycles. The van der Waals surface area contributed by atoms with E-state index in [1.165, 1.54) is 8.86 Å². The van der Waals surface area contributed by atoms with Gasteiger partial charge in [-0.3, -0.25) is 13.5 Å². The number of rotatable bonds is 4. The van der Waals surface area contributed by atoms with Crippen molar-refractivity contribution in [1.29, 1.82) is 0 Å². The van der Waals surface area contributed by atoms with Crippen LogP contribution in [0.3, 0.4) is 0 Å². The number of aromatic nitrogens is 1. The molecule has 6 heteroatoms. The van der Waals surface area contributed by atoms with Crippen molar-refractivity contribution in [3.8, 4) is 5.75 Å². The highest BCUT2D eigenvalue weighted by Crippen LogP contribution is 2.21. The Balaban J connectivity index is 3.26. The van der Waals surface area contributed by atoms with Crippen molar-refractivity contribution < 1.29 is 9.53 Å². The topological polar surface area (TPSA) is 51.5 Å². The molecule has 0 unspecified atom stereocenters. The van der Waals surface area contributed by atoms with Gasteiger partial charge in [-0.1, -0.05) is 0 Å². The van der Waals surface area contributed by atoms with E-state index in [0.29, 0.717) is 18.0 Å². The highest BCUT2D eigenvalue weighted by Gasteiger charge is 2.22. The van der Waals surface area contributed by atoms with E-state index >= 15 is 0 Å². The third-order valence-corrected chi connectivity index (χ3v) is 3.19. The second-order valence-electron chi connectivity index (χ2n) is 3.38. The van der Waals surface area contributed by atoms with Gasteiger partial charge in [-0.15, -0.1) is 0 Å². The summed E-state index contributed by atoms with van der Waals surface area (Å²) in [6, 6.07) is 0. The van der Waals surface area contributed by atoms with Crippen molar-refractivity contribution in [2.45, 2.75) is 20.4 Å². The summed E-state index contributed by atoms with van der Waals surface area (Å²) in [5.74, 6) is -0.0224. The molecule has 1 aromatic heterocycles. The average molecular weight is 244 g/mol. The van der Waals surface area contributed by atoms with Gasteiger partial charge < -0.3 is 9.64 Å². The molecule has 0 atom stereocenters. The van der Waals surface area contributed by atoms with Gasteiger partial charge >= 0.3 is 5.56 Å². The maximum absolute atomic E-state index is 11.8.